The molecule has 0 saturated carbocycles. The Morgan fingerprint density at radius 2 is 2.47 bits per heavy atom. The lowest BCUT2D eigenvalue weighted by atomic mass is 9.91. The number of nitriles is 1. The second-order valence-corrected chi connectivity index (χ2v) is 5.66. The molecule has 3 atom stereocenters. The van der Waals surface area contributed by atoms with Crippen molar-refractivity contribution in [3.63, 3.8) is 0 Å². The highest BCUT2D eigenvalue weighted by molar-refractivity contribution is 7.13. The van der Waals surface area contributed by atoms with Crippen molar-refractivity contribution in [2.75, 3.05) is 19.8 Å². The fourth-order valence-corrected chi connectivity index (χ4v) is 2.76. The molecule has 1 N–H and O–H groups in total. The zero-order valence-corrected chi connectivity index (χ0v) is 12.2. The fraction of sp³-hybridized carbons (Fsp3) is 0.500. The largest absolute Gasteiger partial charge is 0.492 e. The first-order valence-corrected chi connectivity index (χ1v) is 6.90. The smallest absolute Gasteiger partial charge is 0.122 e. The van der Waals surface area contributed by atoms with Gasteiger partial charge in [0.2, 0.25) is 0 Å². The molecule has 1 aliphatic carbocycles. The van der Waals surface area contributed by atoms with Gasteiger partial charge in [0, 0.05) is 24.8 Å². The Labute approximate surface area is 116 Å². The predicted molar refractivity (Wildman–Crippen MR) is 76.9 cm³/mol. The van der Waals surface area contributed by atoms with Gasteiger partial charge in [0.1, 0.15) is 12.4 Å². The molecule has 3 unspecified atom stereocenters. The first-order valence-electron chi connectivity index (χ1n) is 6.38. The number of ether oxygens (including phenoxy) is 1. The van der Waals surface area contributed by atoms with E-state index >= 15 is 0 Å². The van der Waals surface area contributed by atoms with Gasteiger partial charge in [-0.25, -0.2) is 0 Å². The molecule has 0 spiro atoms. The van der Waals surface area contributed by atoms with Crippen LogP contribution < -0.4 is 0 Å². The van der Waals surface area contributed by atoms with Gasteiger partial charge < -0.3 is 9.84 Å². The van der Waals surface area contributed by atoms with Crippen LogP contribution in [0.15, 0.2) is 35.6 Å². The second-order valence-electron chi connectivity index (χ2n) is 5.00. The van der Waals surface area contributed by atoms with Crippen LogP contribution in [0.25, 0.3) is 0 Å². The molecule has 1 heterocycles. The van der Waals surface area contributed by atoms with Gasteiger partial charge in [-0.15, -0.1) is 0 Å². The summed E-state index contributed by atoms with van der Waals surface area (Å²) in [7, 11) is 2.70. The van der Waals surface area contributed by atoms with Gasteiger partial charge in [-0.2, -0.15) is 5.26 Å². The van der Waals surface area contributed by atoms with Crippen LogP contribution in [-0.2, 0) is 4.74 Å². The van der Waals surface area contributed by atoms with Crippen LogP contribution in [0.3, 0.4) is 0 Å². The molecule has 0 bridgehead atoms. The summed E-state index contributed by atoms with van der Waals surface area (Å²) in [6.07, 6.45) is 8.27. The molecular formula is C14H19N2O2P. The molecule has 0 aromatic rings. The first-order chi connectivity index (χ1) is 9.09. The first kappa shape index (κ1) is 14.3. The van der Waals surface area contributed by atoms with Crippen molar-refractivity contribution in [1.82, 2.24) is 4.67 Å². The minimum atomic E-state index is -0.645. The van der Waals surface area contributed by atoms with Gasteiger partial charge in [-0.1, -0.05) is 27.6 Å². The number of nitrogens with zero attached hydrogens (tertiary/aromatic N) is 2. The summed E-state index contributed by atoms with van der Waals surface area (Å²) in [6.45, 7) is 3.34. The topological polar surface area (TPSA) is 56.5 Å². The third kappa shape index (κ3) is 3.06. The molecule has 102 valence electrons. The van der Waals surface area contributed by atoms with E-state index in [1.165, 1.54) is 0 Å². The lowest BCUT2D eigenvalue weighted by Gasteiger charge is -2.25. The van der Waals surface area contributed by atoms with E-state index in [1.54, 1.807) is 0 Å². The van der Waals surface area contributed by atoms with Crippen molar-refractivity contribution in [1.29, 1.82) is 5.26 Å². The maximum Gasteiger partial charge on any atom is 0.122 e. The molecule has 0 aromatic heterocycles. The number of hydrogen-bond donors (Lipinski definition) is 1. The Morgan fingerprint density at radius 3 is 3.16 bits per heavy atom. The molecule has 1 aliphatic heterocycles. The standard InChI is InChI=1S/C14H19N2O2P/c1-14(10-15)5-2-3-11-12(4-7-17)16(19)6-8-18-13(11)9-14/h2-3,5,9,12,17H,4,6-8,19H2,1H3. The molecule has 2 rings (SSSR count). The summed E-state index contributed by atoms with van der Waals surface area (Å²) in [6, 6.07) is 2.38. The van der Waals surface area contributed by atoms with Gasteiger partial charge in [-0.3, -0.25) is 4.67 Å². The van der Waals surface area contributed by atoms with Gasteiger partial charge in [0.05, 0.1) is 11.5 Å². The number of aliphatic hydroxyl groups excluding tert-OH is 1. The van der Waals surface area contributed by atoms with E-state index in [4.69, 9.17) is 4.74 Å². The molecule has 1 saturated heterocycles. The summed E-state index contributed by atoms with van der Waals surface area (Å²) >= 11 is 0. The normalized spacial score (nSPS) is 31.2. The SMILES string of the molecule is CC1(C#N)C=CC=C2C(=C1)OCCN(P)C2CCO. The molecule has 0 amide bonds. The van der Waals surface area contributed by atoms with Gasteiger partial charge in [0.15, 0.2) is 0 Å². The number of allylic oxidation sites excluding steroid dienone is 4. The molecule has 1 fully saturated rings. The van der Waals surface area contributed by atoms with Crippen LogP contribution in [0.2, 0.25) is 0 Å². The highest BCUT2D eigenvalue weighted by Gasteiger charge is 2.30. The lowest BCUT2D eigenvalue weighted by Crippen LogP contribution is -2.29. The maximum absolute atomic E-state index is 9.28. The number of aliphatic hydroxyl groups is 1. The summed E-state index contributed by atoms with van der Waals surface area (Å²) in [5.41, 5.74) is 0.379. The van der Waals surface area contributed by atoms with Crippen LogP contribution >= 0.6 is 9.39 Å². The van der Waals surface area contributed by atoms with Crippen LogP contribution in [0, 0.1) is 16.7 Å². The molecular weight excluding hydrogens is 259 g/mol. The number of hydrogen-bond acceptors (Lipinski definition) is 4. The molecule has 4 nitrogen and oxygen atoms in total. The Hall–Kier alpha value is -1.14. The highest BCUT2D eigenvalue weighted by atomic mass is 31.0. The minimum Gasteiger partial charge on any atom is -0.492 e. The number of rotatable bonds is 2. The minimum absolute atomic E-state index is 0.0921. The van der Waals surface area contributed by atoms with E-state index in [9.17, 15) is 10.4 Å². The summed E-state index contributed by atoms with van der Waals surface area (Å²) in [5.74, 6) is 0.762. The Bertz CT molecular complexity index is 478. The van der Waals surface area contributed by atoms with E-state index in [0.29, 0.717) is 13.0 Å². The Kier molecular flexibility index (Phi) is 4.42. The van der Waals surface area contributed by atoms with Crippen molar-refractivity contribution in [2.45, 2.75) is 19.4 Å². The van der Waals surface area contributed by atoms with E-state index in [-0.39, 0.29) is 12.6 Å². The average Bonchev–Trinajstić information content (AvgIpc) is 2.63. The summed E-state index contributed by atoms with van der Waals surface area (Å²) in [5, 5.41) is 18.5. The maximum atomic E-state index is 9.28. The fourth-order valence-electron chi connectivity index (χ4n) is 2.35. The van der Waals surface area contributed by atoms with E-state index in [0.717, 1.165) is 17.9 Å². The van der Waals surface area contributed by atoms with Crippen molar-refractivity contribution in [3.8, 4) is 6.07 Å². The van der Waals surface area contributed by atoms with Crippen LogP contribution in [0.1, 0.15) is 13.3 Å². The van der Waals surface area contributed by atoms with E-state index in [2.05, 4.69) is 20.1 Å². The number of fused-ring (bicyclic) bond motifs is 1. The summed E-state index contributed by atoms with van der Waals surface area (Å²) < 4.78 is 7.90. The van der Waals surface area contributed by atoms with Crippen LogP contribution in [-0.4, -0.2) is 35.6 Å². The Morgan fingerprint density at radius 1 is 1.68 bits per heavy atom. The van der Waals surface area contributed by atoms with Crippen LogP contribution in [0.5, 0.6) is 0 Å². The monoisotopic (exact) mass is 278 g/mol. The molecule has 19 heavy (non-hydrogen) atoms. The van der Waals surface area contributed by atoms with Crippen molar-refractivity contribution < 1.29 is 9.84 Å². The van der Waals surface area contributed by atoms with Crippen molar-refractivity contribution in [3.05, 3.63) is 35.6 Å². The quantitative estimate of drug-likeness (QED) is 0.782. The van der Waals surface area contributed by atoms with Crippen molar-refractivity contribution >= 4 is 9.39 Å². The molecule has 5 heteroatoms. The zero-order chi connectivity index (χ0) is 13.9. The van der Waals surface area contributed by atoms with Crippen molar-refractivity contribution in [2.24, 2.45) is 5.41 Å². The lowest BCUT2D eigenvalue weighted by molar-refractivity contribution is 0.213. The Balaban J connectivity index is 2.42. The molecule has 0 aromatic carbocycles. The van der Waals surface area contributed by atoms with E-state index in [1.807, 2.05) is 31.2 Å². The van der Waals surface area contributed by atoms with Gasteiger partial charge in [0.25, 0.3) is 0 Å². The third-order valence-electron chi connectivity index (χ3n) is 3.44. The zero-order valence-electron chi connectivity index (χ0n) is 11.0. The van der Waals surface area contributed by atoms with E-state index < -0.39 is 5.41 Å². The highest BCUT2D eigenvalue weighted by Crippen LogP contribution is 2.34. The predicted octanol–water partition coefficient (Wildman–Crippen LogP) is 1.77. The van der Waals surface area contributed by atoms with Crippen LogP contribution in [0.4, 0.5) is 0 Å². The van der Waals surface area contributed by atoms with Gasteiger partial charge in [-0.05, 0) is 19.4 Å². The third-order valence-corrected chi connectivity index (χ3v) is 4.06. The second kappa shape index (κ2) is 5.88. The molecule has 2 aliphatic rings. The van der Waals surface area contributed by atoms with Gasteiger partial charge >= 0.3 is 0 Å². The summed E-state index contributed by atoms with van der Waals surface area (Å²) in [4.78, 5) is 0. The molecule has 0 radical (unpaired) electrons. The average molecular weight is 278 g/mol.